The number of carbonyl (C=O) groups excluding carboxylic acids is 2. The van der Waals surface area contributed by atoms with Crippen LogP contribution in [0, 0.1) is 23.2 Å². The molecule has 0 saturated heterocycles. The third kappa shape index (κ3) is 10.8. The van der Waals surface area contributed by atoms with Gasteiger partial charge < -0.3 is 25.8 Å². The minimum Gasteiger partial charge on any atom is -0.369 e. The Kier molecular flexibility index (Phi) is 13.7. The number of nitrogens with zero attached hydrogens (tertiary/aromatic N) is 5. The van der Waals surface area contributed by atoms with Gasteiger partial charge in [-0.15, -0.1) is 0 Å². The standard InChI is InChI=1S/C30H40N8O2/c1-6-18-32-28-24(22-34-30(36-28)35-25-16-14-23(21-31)15-17-25)12-9-8-10-19-33-29(40)26(7-2)38(5)27(39)13-11-20-37(3)4/h11,13-17,22,26H,6-8,10,18-20H2,1-5H3,(H,33,40)(H2,32,34,35,36)/t26-/m0/s1. The molecule has 2 rings (SSSR count). The van der Waals surface area contributed by atoms with Crippen LogP contribution in [-0.4, -0.2) is 78.4 Å². The van der Waals surface area contributed by atoms with E-state index in [-0.39, 0.29) is 11.8 Å². The first kappa shape index (κ1) is 31.8. The minimum absolute atomic E-state index is 0.169. The van der Waals surface area contributed by atoms with Crippen LogP contribution in [0.4, 0.5) is 17.5 Å². The van der Waals surface area contributed by atoms with Gasteiger partial charge in [-0.1, -0.05) is 31.8 Å². The van der Waals surface area contributed by atoms with E-state index >= 15 is 0 Å². The Morgan fingerprint density at radius 3 is 2.52 bits per heavy atom. The van der Waals surface area contributed by atoms with E-state index < -0.39 is 6.04 Å². The molecule has 0 spiro atoms. The molecule has 0 aliphatic carbocycles. The van der Waals surface area contributed by atoms with E-state index in [0.29, 0.717) is 55.2 Å². The largest absolute Gasteiger partial charge is 0.369 e. The van der Waals surface area contributed by atoms with Gasteiger partial charge in [0.15, 0.2) is 0 Å². The molecule has 0 fully saturated rings. The van der Waals surface area contributed by atoms with Crippen molar-refractivity contribution in [2.75, 3.05) is 51.4 Å². The highest BCUT2D eigenvalue weighted by Crippen LogP contribution is 2.18. The van der Waals surface area contributed by atoms with Crippen LogP contribution in [-0.2, 0) is 9.59 Å². The van der Waals surface area contributed by atoms with Crippen LogP contribution in [0.5, 0.6) is 0 Å². The Labute approximate surface area is 237 Å². The predicted octanol–water partition coefficient (Wildman–Crippen LogP) is 3.52. The van der Waals surface area contributed by atoms with Crippen molar-refractivity contribution >= 4 is 29.3 Å². The third-order valence-electron chi connectivity index (χ3n) is 5.84. The van der Waals surface area contributed by atoms with Gasteiger partial charge in [0.2, 0.25) is 17.8 Å². The second-order valence-electron chi connectivity index (χ2n) is 9.43. The number of benzene rings is 1. The molecule has 212 valence electrons. The molecule has 0 bridgehead atoms. The monoisotopic (exact) mass is 544 g/mol. The molecule has 10 nitrogen and oxygen atoms in total. The van der Waals surface area contributed by atoms with E-state index in [9.17, 15) is 9.59 Å². The topological polar surface area (TPSA) is 126 Å². The van der Waals surface area contributed by atoms with E-state index in [4.69, 9.17) is 5.26 Å². The van der Waals surface area contributed by atoms with Crippen LogP contribution in [0.1, 0.15) is 50.7 Å². The number of likely N-dealkylation sites (N-methyl/N-ethyl adjacent to an activating group) is 2. The summed E-state index contributed by atoms with van der Waals surface area (Å²) in [4.78, 5) is 37.5. The van der Waals surface area contributed by atoms with Gasteiger partial charge in [-0.2, -0.15) is 10.2 Å². The third-order valence-corrected chi connectivity index (χ3v) is 5.84. The first-order chi connectivity index (χ1) is 19.3. The molecule has 1 heterocycles. The van der Waals surface area contributed by atoms with Crippen molar-refractivity contribution in [2.24, 2.45) is 0 Å². The number of nitrogens with one attached hydrogen (secondary N) is 3. The molecule has 1 aromatic carbocycles. The van der Waals surface area contributed by atoms with Crippen molar-refractivity contribution < 1.29 is 9.59 Å². The maximum atomic E-state index is 12.7. The van der Waals surface area contributed by atoms with E-state index in [1.54, 1.807) is 43.6 Å². The number of rotatable bonds is 14. The van der Waals surface area contributed by atoms with Crippen molar-refractivity contribution in [1.29, 1.82) is 5.26 Å². The van der Waals surface area contributed by atoms with Crippen LogP contribution >= 0.6 is 0 Å². The summed E-state index contributed by atoms with van der Waals surface area (Å²) in [5.41, 5.74) is 2.05. The van der Waals surface area contributed by atoms with Gasteiger partial charge in [-0.05, 0) is 57.6 Å². The van der Waals surface area contributed by atoms with E-state index in [2.05, 4.69) is 50.8 Å². The smallest absolute Gasteiger partial charge is 0.246 e. The summed E-state index contributed by atoms with van der Waals surface area (Å²) in [6.07, 6.45) is 7.69. The summed E-state index contributed by atoms with van der Waals surface area (Å²) < 4.78 is 0. The molecule has 1 atom stereocenters. The van der Waals surface area contributed by atoms with Crippen molar-refractivity contribution in [3.05, 3.63) is 53.7 Å². The molecule has 3 N–H and O–H groups in total. The average molecular weight is 545 g/mol. The normalized spacial score (nSPS) is 11.3. The second-order valence-corrected chi connectivity index (χ2v) is 9.43. The number of carbonyl (C=O) groups is 2. The molecule has 0 unspecified atom stereocenters. The maximum absolute atomic E-state index is 12.7. The van der Waals surface area contributed by atoms with Crippen molar-refractivity contribution in [1.82, 2.24) is 25.1 Å². The quantitative estimate of drug-likeness (QED) is 0.187. The van der Waals surface area contributed by atoms with Crippen molar-refractivity contribution in [3.63, 3.8) is 0 Å². The van der Waals surface area contributed by atoms with E-state index in [1.807, 2.05) is 25.9 Å². The van der Waals surface area contributed by atoms with Gasteiger partial charge in [0, 0.05) is 44.9 Å². The Morgan fingerprint density at radius 2 is 1.88 bits per heavy atom. The van der Waals surface area contributed by atoms with Crippen LogP contribution in [0.2, 0.25) is 0 Å². The van der Waals surface area contributed by atoms with Gasteiger partial charge in [-0.25, -0.2) is 4.98 Å². The van der Waals surface area contributed by atoms with Gasteiger partial charge in [0.1, 0.15) is 11.9 Å². The molecule has 0 aliphatic heterocycles. The van der Waals surface area contributed by atoms with Crippen LogP contribution in [0.25, 0.3) is 0 Å². The zero-order valence-electron chi connectivity index (χ0n) is 24.1. The number of hydrogen-bond donors (Lipinski definition) is 3. The van der Waals surface area contributed by atoms with E-state index in [1.165, 1.54) is 11.0 Å². The number of unbranched alkanes of at least 4 members (excludes halogenated alkanes) is 1. The Bertz CT molecular complexity index is 1240. The molecule has 0 radical (unpaired) electrons. The highest BCUT2D eigenvalue weighted by Gasteiger charge is 2.23. The summed E-state index contributed by atoms with van der Waals surface area (Å²) >= 11 is 0. The SMILES string of the molecule is CCCNc1nc(Nc2ccc(C#N)cc2)ncc1C#CCCCNC(=O)[C@H](CC)N(C)C(=O)C=CCN(C)C. The molecule has 1 aromatic heterocycles. The molecule has 2 amide bonds. The van der Waals surface area contributed by atoms with Crippen molar-refractivity contribution in [2.45, 2.75) is 45.6 Å². The number of anilines is 3. The zero-order valence-corrected chi connectivity index (χ0v) is 24.1. The summed E-state index contributed by atoms with van der Waals surface area (Å²) in [6.45, 7) is 5.83. The lowest BCUT2D eigenvalue weighted by atomic mass is 10.1. The molecular weight excluding hydrogens is 504 g/mol. The number of hydrogen-bond acceptors (Lipinski definition) is 8. The predicted molar refractivity (Wildman–Crippen MR) is 159 cm³/mol. The Balaban J connectivity index is 1.91. The molecule has 0 saturated carbocycles. The first-order valence-corrected chi connectivity index (χ1v) is 13.5. The number of nitriles is 1. The highest BCUT2D eigenvalue weighted by atomic mass is 16.2. The molecule has 2 aromatic rings. The van der Waals surface area contributed by atoms with Crippen LogP contribution in [0.3, 0.4) is 0 Å². The van der Waals surface area contributed by atoms with Gasteiger partial charge >= 0.3 is 0 Å². The first-order valence-electron chi connectivity index (χ1n) is 13.5. The summed E-state index contributed by atoms with van der Waals surface area (Å²) in [5.74, 6) is 6.99. The second kappa shape index (κ2) is 17.2. The Hall–Kier alpha value is -4.41. The van der Waals surface area contributed by atoms with Crippen LogP contribution in [0.15, 0.2) is 42.6 Å². The fraction of sp³-hybridized carbons (Fsp3) is 0.433. The Morgan fingerprint density at radius 1 is 1.12 bits per heavy atom. The van der Waals surface area contributed by atoms with Crippen LogP contribution < -0.4 is 16.0 Å². The molecular formula is C30H40N8O2. The lowest BCUT2D eigenvalue weighted by molar-refractivity contribution is -0.135. The van der Waals surface area contributed by atoms with Gasteiger partial charge in [0.05, 0.1) is 23.4 Å². The fourth-order valence-electron chi connectivity index (χ4n) is 3.60. The summed E-state index contributed by atoms with van der Waals surface area (Å²) in [6, 6.07) is 8.63. The molecule has 10 heteroatoms. The number of aromatic nitrogens is 2. The minimum atomic E-state index is -0.525. The lowest BCUT2D eigenvalue weighted by Gasteiger charge is -2.25. The number of amides is 2. The summed E-state index contributed by atoms with van der Waals surface area (Å²) in [7, 11) is 5.50. The average Bonchev–Trinajstić information content (AvgIpc) is 2.94. The highest BCUT2D eigenvalue weighted by molar-refractivity contribution is 5.92. The molecule has 0 aliphatic rings. The van der Waals surface area contributed by atoms with Crippen molar-refractivity contribution in [3.8, 4) is 17.9 Å². The maximum Gasteiger partial charge on any atom is 0.246 e. The fourth-order valence-corrected chi connectivity index (χ4v) is 3.60. The van der Waals surface area contributed by atoms with Gasteiger partial charge in [0.25, 0.3) is 0 Å². The summed E-state index contributed by atoms with van der Waals surface area (Å²) in [5, 5.41) is 18.3. The van der Waals surface area contributed by atoms with E-state index in [0.717, 1.165) is 18.7 Å². The molecule has 40 heavy (non-hydrogen) atoms. The van der Waals surface area contributed by atoms with Gasteiger partial charge in [-0.3, -0.25) is 9.59 Å². The lowest BCUT2D eigenvalue weighted by Crippen LogP contribution is -2.47. The zero-order chi connectivity index (χ0) is 29.3.